The van der Waals surface area contributed by atoms with E-state index in [9.17, 15) is 15.3 Å². The van der Waals surface area contributed by atoms with E-state index in [-0.39, 0.29) is 17.4 Å². The van der Waals surface area contributed by atoms with E-state index in [1.807, 2.05) is 13.0 Å². The number of aromatic amines is 1. The number of fused-ring (bicyclic) bond motifs is 12. The van der Waals surface area contributed by atoms with E-state index in [0.717, 1.165) is 53.5 Å². The molecule has 0 bridgehead atoms. The van der Waals surface area contributed by atoms with E-state index in [1.165, 1.54) is 22.2 Å². The van der Waals surface area contributed by atoms with Crippen molar-refractivity contribution in [1.29, 1.82) is 0 Å². The summed E-state index contributed by atoms with van der Waals surface area (Å²) in [5.41, 5.74) is 5.93. The lowest BCUT2D eigenvalue weighted by atomic mass is 9.42. The molecule has 2 saturated carbocycles. The summed E-state index contributed by atoms with van der Waals surface area (Å²) in [5, 5.41) is 36.6. The third-order valence-corrected chi connectivity index (χ3v) is 13.0. The maximum Gasteiger partial charge on any atom is 0.108 e. The zero-order valence-corrected chi connectivity index (χ0v) is 26.7. The highest BCUT2D eigenvalue weighted by molar-refractivity contribution is 5.93. The van der Waals surface area contributed by atoms with Crippen molar-refractivity contribution in [3.05, 3.63) is 64.4 Å². The zero-order chi connectivity index (χ0) is 30.6. The molecule has 1 aromatic heterocycles. The summed E-state index contributed by atoms with van der Waals surface area (Å²) in [4.78, 5) is 3.91. The minimum Gasteiger partial charge on any atom is -0.388 e. The second kappa shape index (κ2) is 8.32. The van der Waals surface area contributed by atoms with Gasteiger partial charge >= 0.3 is 0 Å². The van der Waals surface area contributed by atoms with E-state index in [1.54, 1.807) is 0 Å². The Morgan fingerprint density at radius 2 is 1.79 bits per heavy atom. The molecule has 2 aliphatic heterocycles. The van der Waals surface area contributed by atoms with Gasteiger partial charge in [0.1, 0.15) is 12.2 Å². The lowest BCUT2D eigenvalue weighted by Crippen LogP contribution is -2.67. The largest absolute Gasteiger partial charge is 0.388 e. The van der Waals surface area contributed by atoms with Crippen molar-refractivity contribution >= 4 is 16.5 Å². The van der Waals surface area contributed by atoms with Crippen LogP contribution in [0.1, 0.15) is 103 Å². The Morgan fingerprint density at radius 1 is 1.05 bits per heavy atom. The Morgan fingerprint density at radius 3 is 2.51 bits per heavy atom. The molecule has 8 rings (SSSR count). The van der Waals surface area contributed by atoms with Crippen LogP contribution in [0.15, 0.2) is 42.0 Å². The van der Waals surface area contributed by atoms with Crippen molar-refractivity contribution in [1.82, 2.24) is 4.98 Å². The van der Waals surface area contributed by atoms with Gasteiger partial charge in [-0.3, -0.25) is 0 Å². The average molecular weight is 586 g/mol. The quantitative estimate of drug-likeness (QED) is 0.300. The van der Waals surface area contributed by atoms with E-state index in [2.05, 4.69) is 71.3 Å². The number of aromatic nitrogens is 1. The van der Waals surface area contributed by atoms with Crippen molar-refractivity contribution < 1.29 is 24.8 Å². The highest BCUT2D eigenvalue weighted by Crippen LogP contribution is 2.69. The van der Waals surface area contributed by atoms with E-state index >= 15 is 0 Å². The lowest BCUT2D eigenvalue weighted by molar-refractivity contribution is -0.185. The van der Waals surface area contributed by atoms with Crippen LogP contribution >= 0.6 is 0 Å². The van der Waals surface area contributed by atoms with Crippen molar-refractivity contribution in [2.45, 2.75) is 127 Å². The third kappa shape index (κ3) is 3.32. The van der Waals surface area contributed by atoms with Gasteiger partial charge in [0.05, 0.1) is 29.0 Å². The standard InChI is InChI=1S/C37H47NO5/c1-18(2)31-27(39)16-25-28(42-31)10-11-35(7)36(8)19(9-12-37(25,35)41)13-23-21-14-22-20(15-26(21)38-32(23)36)24-17-33(3,4)43-34(5,6)29(24)30(22)40/h14-17,19,27-31,38-41H,1,9-13H2,2-8H3/t19-,27+,28-,29+,30+,31+,35+,36+,37+/m0/s1. The van der Waals surface area contributed by atoms with Crippen LogP contribution in [-0.2, 0) is 21.3 Å². The molecule has 230 valence electrons. The molecular formula is C37H47NO5. The van der Waals surface area contributed by atoms with E-state index in [0.29, 0.717) is 12.3 Å². The number of aliphatic hydroxyl groups is 3. The van der Waals surface area contributed by atoms with Crippen LogP contribution in [0.3, 0.4) is 0 Å². The molecule has 4 N–H and O–H groups in total. The summed E-state index contributed by atoms with van der Waals surface area (Å²) < 4.78 is 12.8. The number of ether oxygens (including phenoxy) is 2. The molecule has 1 aromatic carbocycles. The van der Waals surface area contributed by atoms with Gasteiger partial charge in [-0.15, -0.1) is 0 Å². The molecule has 2 aromatic rings. The molecule has 43 heavy (non-hydrogen) atoms. The molecule has 0 unspecified atom stereocenters. The SMILES string of the molecule is C=C(C)[C@H]1O[C@H]2CC[C@@]3(C)[C@@](O)(CC[C@H]4Cc5c([nH]c6cc7c(cc56)[C@@H](O)[C@H]5C7=CC(C)(C)OC5(C)C)[C@@]43C)C2=C[C@H]1O. The molecule has 0 spiro atoms. The number of hydrogen-bond donors (Lipinski definition) is 4. The fraction of sp³-hybridized carbons (Fsp3) is 0.622. The van der Waals surface area contributed by atoms with Gasteiger partial charge in [0, 0.05) is 33.3 Å². The predicted octanol–water partition coefficient (Wildman–Crippen LogP) is 6.19. The van der Waals surface area contributed by atoms with Gasteiger partial charge in [0.2, 0.25) is 0 Å². The van der Waals surface area contributed by atoms with Crippen LogP contribution in [0.25, 0.3) is 16.5 Å². The Hall–Kier alpha value is -2.22. The van der Waals surface area contributed by atoms with Crippen molar-refractivity contribution in [2.24, 2.45) is 17.3 Å². The van der Waals surface area contributed by atoms with Crippen molar-refractivity contribution in [3.63, 3.8) is 0 Å². The summed E-state index contributed by atoms with van der Waals surface area (Å²) in [6.45, 7) is 19.0. The molecule has 2 fully saturated rings. The van der Waals surface area contributed by atoms with Gasteiger partial charge in [-0.2, -0.15) is 0 Å². The first-order chi connectivity index (χ1) is 20.0. The normalized spacial score (nSPS) is 43.5. The third-order valence-electron chi connectivity index (χ3n) is 13.0. The number of H-pyrrole nitrogens is 1. The first-order valence-corrected chi connectivity index (χ1v) is 16.3. The molecule has 4 aliphatic carbocycles. The number of nitrogens with one attached hydrogen (secondary N) is 1. The highest BCUT2D eigenvalue weighted by atomic mass is 16.5. The fourth-order valence-corrected chi connectivity index (χ4v) is 11.0. The van der Waals surface area contributed by atoms with Gasteiger partial charge in [0.15, 0.2) is 0 Å². The Bertz CT molecular complexity index is 1660. The fourth-order valence-electron chi connectivity index (χ4n) is 11.0. The smallest absolute Gasteiger partial charge is 0.108 e. The second-order valence-corrected chi connectivity index (χ2v) is 16.2. The monoisotopic (exact) mass is 585 g/mol. The van der Waals surface area contributed by atoms with Crippen LogP contribution in [0.4, 0.5) is 0 Å². The Labute approximate surface area is 254 Å². The number of hydrogen-bond acceptors (Lipinski definition) is 5. The maximum atomic E-state index is 12.8. The number of aliphatic hydroxyl groups excluding tert-OH is 2. The molecule has 6 heteroatoms. The summed E-state index contributed by atoms with van der Waals surface area (Å²) in [7, 11) is 0. The Balaban J connectivity index is 1.26. The Kier molecular flexibility index (Phi) is 5.47. The summed E-state index contributed by atoms with van der Waals surface area (Å²) in [5.74, 6) is 0.292. The first-order valence-electron chi connectivity index (χ1n) is 16.3. The summed E-state index contributed by atoms with van der Waals surface area (Å²) in [6, 6.07) is 4.50. The summed E-state index contributed by atoms with van der Waals surface area (Å²) in [6.07, 6.45) is 6.20. The lowest BCUT2D eigenvalue weighted by Gasteiger charge is -2.65. The van der Waals surface area contributed by atoms with Gasteiger partial charge < -0.3 is 29.8 Å². The average Bonchev–Trinajstić information content (AvgIpc) is 3.50. The predicted molar refractivity (Wildman–Crippen MR) is 168 cm³/mol. The second-order valence-electron chi connectivity index (χ2n) is 16.2. The molecule has 0 saturated heterocycles. The number of benzene rings is 1. The van der Waals surface area contributed by atoms with Gasteiger partial charge in [0.25, 0.3) is 0 Å². The molecule has 3 heterocycles. The highest BCUT2D eigenvalue weighted by Gasteiger charge is 2.70. The van der Waals surface area contributed by atoms with E-state index < -0.39 is 40.5 Å². The molecule has 0 radical (unpaired) electrons. The van der Waals surface area contributed by atoms with Gasteiger partial charge in [-0.05, 0) is 130 Å². The molecule has 6 nitrogen and oxygen atoms in total. The minimum atomic E-state index is -1.07. The van der Waals surface area contributed by atoms with Crippen LogP contribution in [0.2, 0.25) is 0 Å². The minimum absolute atomic E-state index is 0.106. The summed E-state index contributed by atoms with van der Waals surface area (Å²) >= 11 is 0. The molecular weight excluding hydrogens is 538 g/mol. The van der Waals surface area contributed by atoms with Crippen LogP contribution in [0, 0.1) is 17.3 Å². The zero-order valence-electron chi connectivity index (χ0n) is 26.7. The van der Waals surface area contributed by atoms with Crippen LogP contribution in [-0.4, -0.2) is 55.4 Å². The number of rotatable bonds is 1. The van der Waals surface area contributed by atoms with Crippen molar-refractivity contribution in [3.8, 4) is 0 Å². The molecule has 0 amide bonds. The topological polar surface area (TPSA) is 94.9 Å². The molecule has 9 atom stereocenters. The van der Waals surface area contributed by atoms with Gasteiger partial charge in [-0.25, -0.2) is 0 Å². The molecule has 6 aliphatic rings. The van der Waals surface area contributed by atoms with Crippen molar-refractivity contribution in [2.75, 3.05) is 0 Å². The maximum absolute atomic E-state index is 12.8. The first kappa shape index (κ1) is 28.3. The van der Waals surface area contributed by atoms with Gasteiger partial charge in [-0.1, -0.05) is 20.4 Å². The van der Waals surface area contributed by atoms with E-state index in [4.69, 9.17) is 9.47 Å². The van der Waals surface area contributed by atoms with Crippen LogP contribution < -0.4 is 0 Å². The van der Waals surface area contributed by atoms with Crippen LogP contribution in [0.5, 0.6) is 0 Å².